The van der Waals surface area contributed by atoms with Gasteiger partial charge in [0, 0.05) is 19.6 Å². The van der Waals surface area contributed by atoms with Crippen molar-refractivity contribution in [1.29, 1.82) is 0 Å². The van der Waals surface area contributed by atoms with E-state index in [1.165, 1.54) is 5.56 Å². The summed E-state index contributed by atoms with van der Waals surface area (Å²) in [6.07, 6.45) is 1.08. The molecule has 114 valence electrons. The first-order valence-electron chi connectivity index (χ1n) is 7.38. The zero-order valence-corrected chi connectivity index (χ0v) is 12.3. The molecule has 1 aromatic carbocycles. The van der Waals surface area contributed by atoms with Crippen LogP contribution in [0.1, 0.15) is 31.2 Å². The Balaban J connectivity index is 1.76. The number of benzene rings is 1. The second-order valence-electron chi connectivity index (χ2n) is 5.60. The monoisotopic (exact) mass is 290 g/mol. The van der Waals surface area contributed by atoms with E-state index in [4.69, 9.17) is 5.11 Å². The van der Waals surface area contributed by atoms with Crippen molar-refractivity contribution < 1.29 is 14.7 Å². The highest BCUT2D eigenvalue weighted by Crippen LogP contribution is 2.18. The Morgan fingerprint density at radius 1 is 1.29 bits per heavy atom. The topological polar surface area (TPSA) is 69.6 Å². The van der Waals surface area contributed by atoms with Crippen molar-refractivity contribution in [3.05, 3.63) is 35.9 Å². The third-order valence-electron chi connectivity index (χ3n) is 4.06. The van der Waals surface area contributed by atoms with Crippen molar-refractivity contribution in [3.8, 4) is 0 Å². The first-order valence-corrected chi connectivity index (χ1v) is 7.38. The molecular weight excluding hydrogens is 268 g/mol. The Hall–Kier alpha value is -2.04. The van der Waals surface area contributed by atoms with Gasteiger partial charge in [-0.3, -0.25) is 4.79 Å². The Morgan fingerprint density at radius 2 is 1.90 bits per heavy atom. The molecule has 1 atom stereocenters. The number of aliphatic carboxylic acids is 1. The quantitative estimate of drug-likeness (QED) is 0.894. The highest BCUT2D eigenvalue weighted by Gasteiger charge is 2.26. The van der Waals surface area contributed by atoms with Crippen LogP contribution in [-0.4, -0.2) is 41.6 Å². The molecule has 1 fully saturated rings. The number of likely N-dealkylation sites (tertiary alicyclic amines) is 1. The van der Waals surface area contributed by atoms with Gasteiger partial charge in [-0.15, -0.1) is 0 Å². The lowest BCUT2D eigenvalue weighted by molar-refractivity contribution is -0.143. The number of carboxylic acids is 1. The van der Waals surface area contributed by atoms with Crippen LogP contribution in [0.4, 0.5) is 4.79 Å². The van der Waals surface area contributed by atoms with E-state index in [-0.39, 0.29) is 17.9 Å². The molecule has 1 aliphatic heterocycles. The van der Waals surface area contributed by atoms with Crippen molar-refractivity contribution in [2.45, 2.75) is 25.7 Å². The second kappa shape index (κ2) is 7.11. The molecule has 0 aromatic heterocycles. The molecule has 2 rings (SSSR count). The van der Waals surface area contributed by atoms with Crippen LogP contribution < -0.4 is 5.32 Å². The zero-order valence-electron chi connectivity index (χ0n) is 12.3. The summed E-state index contributed by atoms with van der Waals surface area (Å²) >= 11 is 0. The summed E-state index contributed by atoms with van der Waals surface area (Å²) in [5.41, 5.74) is 1.20. The number of carbonyl (C=O) groups excluding carboxylic acids is 1. The van der Waals surface area contributed by atoms with E-state index in [0.29, 0.717) is 32.5 Å². The van der Waals surface area contributed by atoms with Crippen LogP contribution in [0.3, 0.4) is 0 Å². The minimum absolute atomic E-state index is 0.0957. The molecule has 1 unspecified atom stereocenters. The van der Waals surface area contributed by atoms with E-state index in [1.807, 2.05) is 18.2 Å². The summed E-state index contributed by atoms with van der Waals surface area (Å²) in [7, 11) is 0. The number of rotatable bonds is 4. The van der Waals surface area contributed by atoms with Gasteiger partial charge in [0.15, 0.2) is 0 Å². The van der Waals surface area contributed by atoms with Gasteiger partial charge in [-0.2, -0.15) is 0 Å². The predicted octanol–water partition coefficient (Wildman–Crippen LogP) is 2.30. The largest absolute Gasteiger partial charge is 0.481 e. The summed E-state index contributed by atoms with van der Waals surface area (Å²) in [5, 5.41) is 11.9. The first kappa shape index (κ1) is 15.4. The third kappa shape index (κ3) is 4.21. The fourth-order valence-electron chi connectivity index (χ4n) is 2.58. The van der Waals surface area contributed by atoms with Gasteiger partial charge in [-0.25, -0.2) is 4.79 Å². The summed E-state index contributed by atoms with van der Waals surface area (Å²) < 4.78 is 0. The van der Waals surface area contributed by atoms with E-state index >= 15 is 0 Å². The lowest BCUT2D eigenvalue weighted by Crippen LogP contribution is -2.46. The minimum atomic E-state index is -0.757. The van der Waals surface area contributed by atoms with Gasteiger partial charge in [0.05, 0.1) is 5.92 Å². The number of nitrogens with zero attached hydrogens (tertiary/aromatic N) is 1. The zero-order chi connectivity index (χ0) is 15.2. The fourth-order valence-corrected chi connectivity index (χ4v) is 2.58. The van der Waals surface area contributed by atoms with Gasteiger partial charge in [0.2, 0.25) is 0 Å². The summed E-state index contributed by atoms with van der Waals surface area (Å²) in [6, 6.07) is 9.96. The number of carboxylic acid groups (broad SMARTS) is 1. The van der Waals surface area contributed by atoms with Crippen molar-refractivity contribution >= 4 is 12.0 Å². The molecule has 1 aromatic rings. The van der Waals surface area contributed by atoms with E-state index in [1.54, 1.807) is 4.90 Å². The van der Waals surface area contributed by atoms with Crippen LogP contribution in [0.2, 0.25) is 0 Å². The Labute approximate surface area is 125 Å². The predicted molar refractivity (Wildman–Crippen MR) is 80.2 cm³/mol. The highest BCUT2D eigenvalue weighted by atomic mass is 16.4. The van der Waals surface area contributed by atoms with Gasteiger partial charge >= 0.3 is 12.0 Å². The molecule has 1 heterocycles. The second-order valence-corrected chi connectivity index (χ2v) is 5.60. The molecule has 0 bridgehead atoms. The van der Waals surface area contributed by atoms with Crippen LogP contribution in [0, 0.1) is 5.92 Å². The summed E-state index contributed by atoms with van der Waals surface area (Å²) in [4.78, 5) is 24.7. The number of urea groups is 1. The van der Waals surface area contributed by atoms with Crippen LogP contribution in [0.25, 0.3) is 0 Å². The lowest BCUT2D eigenvalue weighted by Gasteiger charge is -2.30. The van der Waals surface area contributed by atoms with Crippen LogP contribution in [-0.2, 0) is 4.79 Å². The number of amides is 2. The van der Waals surface area contributed by atoms with Gasteiger partial charge in [0.25, 0.3) is 0 Å². The number of nitrogens with one attached hydrogen (secondary N) is 1. The normalized spacial score (nSPS) is 17.3. The average molecular weight is 290 g/mol. The molecule has 2 amide bonds. The standard InChI is InChI=1S/C16H22N2O3/c1-12(13-5-3-2-4-6-13)11-17-16(21)18-9-7-14(8-10-18)15(19)20/h2-6,12,14H,7-11H2,1H3,(H,17,21)(H,19,20). The van der Waals surface area contributed by atoms with Crippen molar-refractivity contribution in [1.82, 2.24) is 10.2 Å². The number of piperidine rings is 1. The van der Waals surface area contributed by atoms with Crippen molar-refractivity contribution in [2.75, 3.05) is 19.6 Å². The highest BCUT2D eigenvalue weighted by molar-refractivity contribution is 5.75. The van der Waals surface area contributed by atoms with E-state index in [2.05, 4.69) is 24.4 Å². The van der Waals surface area contributed by atoms with E-state index in [0.717, 1.165) is 0 Å². The average Bonchev–Trinajstić information content (AvgIpc) is 2.53. The maximum atomic E-state index is 12.1. The number of hydrogen-bond acceptors (Lipinski definition) is 2. The lowest BCUT2D eigenvalue weighted by atomic mass is 9.97. The smallest absolute Gasteiger partial charge is 0.317 e. The van der Waals surface area contributed by atoms with Gasteiger partial charge in [-0.05, 0) is 24.3 Å². The molecule has 0 radical (unpaired) electrons. The molecule has 0 saturated carbocycles. The van der Waals surface area contributed by atoms with Crippen molar-refractivity contribution in [2.24, 2.45) is 5.92 Å². The number of carbonyl (C=O) groups is 2. The van der Waals surface area contributed by atoms with Gasteiger partial charge in [0.1, 0.15) is 0 Å². The van der Waals surface area contributed by atoms with Crippen LogP contribution >= 0.6 is 0 Å². The Kier molecular flexibility index (Phi) is 5.20. The third-order valence-corrected chi connectivity index (χ3v) is 4.06. The molecule has 0 spiro atoms. The molecule has 5 nitrogen and oxygen atoms in total. The van der Waals surface area contributed by atoms with Crippen LogP contribution in [0.15, 0.2) is 30.3 Å². The number of hydrogen-bond donors (Lipinski definition) is 2. The van der Waals surface area contributed by atoms with Crippen molar-refractivity contribution in [3.63, 3.8) is 0 Å². The van der Waals surface area contributed by atoms with Gasteiger partial charge in [-0.1, -0.05) is 37.3 Å². The van der Waals surface area contributed by atoms with E-state index in [9.17, 15) is 9.59 Å². The Bertz CT molecular complexity index is 482. The molecular formula is C16H22N2O3. The molecule has 0 aliphatic carbocycles. The van der Waals surface area contributed by atoms with E-state index < -0.39 is 5.97 Å². The Morgan fingerprint density at radius 3 is 2.48 bits per heavy atom. The SMILES string of the molecule is CC(CNC(=O)N1CCC(C(=O)O)CC1)c1ccccc1. The summed E-state index contributed by atoms with van der Waals surface area (Å²) in [5.74, 6) is -0.809. The molecule has 2 N–H and O–H groups in total. The maximum absolute atomic E-state index is 12.1. The molecule has 1 saturated heterocycles. The first-order chi connectivity index (χ1) is 10.1. The fraction of sp³-hybridized carbons (Fsp3) is 0.500. The summed E-state index contributed by atoms with van der Waals surface area (Å²) in [6.45, 7) is 3.69. The molecule has 21 heavy (non-hydrogen) atoms. The maximum Gasteiger partial charge on any atom is 0.317 e. The molecule has 1 aliphatic rings. The van der Waals surface area contributed by atoms with Crippen LogP contribution in [0.5, 0.6) is 0 Å². The molecule has 5 heteroatoms. The minimum Gasteiger partial charge on any atom is -0.481 e. The van der Waals surface area contributed by atoms with Gasteiger partial charge < -0.3 is 15.3 Å².